The number of amides is 2. The van der Waals surface area contributed by atoms with E-state index in [1.165, 1.54) is 16.0 Å². The van der Waals surface area contributed by atoms with Gasteiger partial charge in [0.05, 0.1) is 34.6 Å². The van der Waals surface area contributed by atoms with E-state index >= 15 is 0 Å². The van der Waals surface area contributed by atoms with Crippen molar-refractivity contribution in [2.75, 3.05) is 17.6 Å². The number of carbonyl (C=O) groups is 2. The number of halogens is 1. The number of rotatable bonds is 10. The molecule has 2 N–H and O–H groups in total. The quantitative estimate of drug-likeness (QED) is 0.280. The minimum absolute atomic E-state index is 0.0796. The molecular formula is C25H24BrN5O4S2. The SMILES string of the molecule is CCc1ccc(C(=O)Nc2sccc2C(=O)NCCS(=O)(=O)Cc2cn(-c3ccc(Br)cc3)nn2)cc1. The maximum Gasteiger partial charge on any atom is 0.256 e. The fourth-order valence-corrected chi connectivity index (χ4v) is 5.63. The highest BCUT2D eigenvalue weighted by atomic mass is 79.9. The van der Waals surface area contributed by atoms with Gasteiger partial charge in [0, 0.05) is 16.6 Å². The van der Waals surface area contributed by atoms with E-state index in [-0.39, 0.29) is 29.5 Å². The van der Waals surface area contributed by atoms with Gasteiger partial charge in [0.15, 0.2) is 9.84 Å². The standard InChI is InChI=1S/C25H24BrN5O4S2/c1-2-17-3-5-18(6-4-17)23(32)28-25-22(11-13-36-25)24(33)27-12-14-37(34,35)16-20-15-31(30-29-20)21-9-7-19(26)8-10-21/h3-11,13,15H,2,12,14,16H2,1H3,(H,27,33)(H,28,32). The molecule has 4 rings (SSSR count). The summed E-state index contributed by atoms with van der Waals surface area (Å²) in [7, 11) is -3.55. The summed E-state index contributed by atoms with van der Waals surface area (Å²) in [4.78, 5) is 25.3. The Morgan fingerprint density at radius 1 is 1.03 bits per heavy atom. The first-order valence-electron chi connectivity index (χ1n) is 11.4. The van der Waals surface area contributed by atoms with Crippen molar-refractivity contribution in [3.63, 3.8) is 0 Å². The minimum atomic E-state index is -3.55. The highest BCUT2D eigenvalue weighted by molar-refractivity contribution is 9.10. The lowest BCUT2D eigenvalue weighted by molar-refractivity contribution is 0.0957. The maximum absolute atomic E-state index is 12.7. The van der Waals surface area contributed by atoms with Crippen LogP contribution in [-0.2, 0) is 22.0 Å². The smallest absolute Gasteiger partial charge is 0.256 e. The van der Waals surface area contributed by atoms with Crippen LogP contribution in [0.4, 0.5) is 5.00 Å². The first kappa shape index (κ1) is 26.7. The lowest BCUT2D eigenvalue weighted by Crippen LogP contribution is -2.30. The van der Waals surface area contributed by atoms with Crippen molar-refractivity contribution in [3.8, 4) is 5.69 Å². The number of nitrogens with zero attached hydrogens (tertiary/aromatic N) is 3. The first-order chi connectivity index (χ1) is 17.7. The van der Waals surface area contributed by atoms with Crippen LogP contribution in [0.25, 0.3) is 5.69 Å². The molecule has 2 heterocycles. The van der Waals surface area contributed by atoms with Crippen LogP contribution in [0.2, 0.25) is 0 Å². The van der Waals surface area contributed by atoms with E-state index in [2.05, 4.69) is 36.9 Å². The summed E-state index contributed by atoms with van der Waals surface area (Å²) < 4.78 is 27.6. The molecule has 0 unspecified atom stereocenters. The number of hydrogen-bond acceptors (Lipinski definition) is 7. The van der Waals surface area contributed by atoms with Crippen molar-refractivity contribution in [2.24, 2.45) is 0 Å². The number of nitrogens with one attached hydrogen (secondary N) is 2. The Labute approximate surface area is 227 Å². The van der Waals surface area contributed by atoms with Crippen molar-refractivity contribution in [1.29, 1.82) is 0 Å². The second kappa shape index (κ2) is 11.8. The summed E-state index contributed by atoms with van der Waals surface area (Å²) in [5.74, 6) is -1.35. The average Bonchev–Trinajstić information content (AvgIpc) is 3.53. The van der Waals surface area contributed by atoms with Gasteiger partial charge in [-0.3, -0.25) is 9.59 Å². The monoisotopic (exact) mass is 601 g/mol. The molecule has 2 amide bonds. The van der Waals surface area contributed by atoms with E-state index < -0.39 is 15.7 Å². The molecule has 0 atom stereocenters. The Bertz CT molecular complexity index is 1500. The van der Waals surface area contributed by atoms with Gasteiger partial charge < -0.3 is 10.6 Å². The van der Waals surface area contributed by atoms with Gasteiger partial charge >= 0.3 is 0 Å². The predicted octanol–water partition coefficient (Wildman–Crippen LogP) is 4.25. The summed E-state index contributed by atoms with van der Waals surface area (Å²) in [6.45, 7) is 1.95. The van der Waals surface area contributed by atoms with Crippen LogP contribution >= 0.6 is 27.3 Å². The molecule has 192 valence electrons. The van der Waals surface area contributed by atoms with Crippen LogP contribution in [0.3, 0.4) is 0 Å². The van der Waals surface area contributed by atoms with Gasteiger partial charge in [-0.15, -0.1) is 16.4 Å². The molecule has 2 aromatic heterocycles. The van der Waals surface area contributed by atoms with E-state index in [1.54, 1.807) is 29.8 Å². The molecule has 0 bridgehead atoms. The van der Waals surface area contributed by atoms with E-state index in [4.69, 9.17) is 0 Å². The minimum Gasteiger partial charge on any atom is -0.351 e. The largest absolute Gasteiger partial charge is 0.351 e. The van der Waals surface area contributed by atoms with Gasteiger partial charge in [-0.05, 0) is 59.8 Å². The van der Waals surface area contributed by atoms with Crippen molar-refractivity contribution in [3.05, 3.63) is 93.0 Å². The van der Waals surface area contributed by atoms with Gasteiger partial charge in [-0.25, -0.2) is 13.1 Å². The molecule has 12 heteroatoms. The average molecular weight is 603 g/mol. The number of anilines is 1. The Balaban J connectivity index is 1.30. The maximum atomic E-state index is 12.7. The van der Waals surface area contributed by atoms with Gasteiger partial charge in [0.25, 0.3) is 11.8 Å². The second-order valence-electron chi connectivity index (χ2n) is 8.15. The molecular weight excluding hydrogens is 578 g/mol. The van der Waals surface area contributed by atoms with Crippen molar-refractivity contribution < 1.29 is 18.0 Å². The number of carbonyl (C=O) groups excluding carboxylic acids is 2. The number of aryl methyl sites for hydroxylation is 1. The molecule has 0 aliphatic heterocycles. The molecule has 0 aliphatic carbocycles. The summed E-state index contributed by atoms with van der Waals surface area (Å²) in [6.07, 6.45) is 2.44. The first-order valence-corrected chi connectivity index (χ1v) is 14.9. The molecule has 0 fully saturated rings. The number of hydrogen-bond donors (Lipinski definition) is 2. The molecule has 37 heavy (non-hydrogen) atoms. The second-order valence-corrected chi connectivity index (χ2v) is 12.2. The number of thiophene rings is 1. The summed E-state index contributed by atoms with van der Waals surface area (Å²) in [5, 5.41) is 15.4. The number of benzene rings is 2. The lowest BCUT2D eigenvalue weighted by atomic mass is 10.1. The summed E-state index contributed by atoms with van der Waals surface area (Å²) in [6, 6.07) is 16.2. The van der Waals surface area contributed by atoms with Crippen LogP contribution in [-0.4, -0.2) is 47.5 Å². The molecule has 2 aromatic carbocycles. The van der Waals surface area contributed by atoms with Gasteiger partial charge in [0.1, 0.15) is 5.00 Å². The highest BCUT2D eigenvalue weighted by Crippen LogP contribution is 2.24. The van der Waals surface area contributed by atoms with Gasteiger partial charge in [-0.2, -0.15) is 0 Å². The third-order valence-electron chi connectivity index (χ3n) is 5.46. The fraction of sp³-hybridized carbons (Fsp3) is 0.200. The third-order valence-corrected chi connectivity index (χ3v) is 8.38. The Morgan fingerprint density at radius 2 is 1.76 bits per heavy atom. The molecule has 4 aromatic rings. The van der Waals surface area contributed by atoms with Crippen LogP contribution < -0.4 is 10.6 Å². The zero-order chi connectivity index (χ0) is 26.4. The molecule has 0 saturated carbocycles. The molecule has 0 radical (unpaired) electrons. The van der Waals surface area contributed by atoms with Crippen molar-refractivity contribution in [1.82, 2.24) is 20.3 Å². The van der Waals surface area contributed by atoms with Gasteiger partial charge in [-0.1, -0.05) is 40.2 Å². The topological polar surface area (TPSA) is 123 Å². The molecule has 0 aliphatic rings. The zero-order valence-corrected chi connectivity index (χ0v) is 23.1. The van der Waals surface area contributed by atoms with Crippen LogP contribution in [0, 0.1) is 0 Å². The fourth-order valence-electron chi connectivity index (χ4n) is 3.45. The van der Waals surface area contributed by atoms with E-state index in [9.17, 15) is 18.0 Å². The summed E-state index contributed by atoms with van der Waals surface area (Å²) >= 11 is 4.58. The van der Waals surface area contributed by atoms with Crippen molar-refractivity contribution in [2.45, 2.75) is 19.1 Å². The number of aromatic nitrogens is 3. The van der Waals surface area contributed by atoms with Crippen molar-refractivity contribution >= 4 is 53.9 Å². The lowest BCUT2D eigenvalue weighted by Gasteiger charge is -2.08. The molecule has 9 nitrogen and oxygen atoms in total. The normalized spacial score (nSPS) is 11.3. The van der Waals surface area contributed by atoms with E-state index in [0.29, 0.717) is 16.3 Å². The predicted molar refractivity (Wildman–Crippen MR) is 147 cm³/mol. The zero-order valence-electron chi connectivity index (χ0n) is 19.8. The third kappa shape index (κ3) is 7.12. The van der Waals surface area contributed by atoms with Crippen LogP contribution in [0.15, 0.2) is 70.6 Å². The Hall–Kier alpha value is -3.35. The van der Waals surface area contributed by atoms with Gasteiger partial charge in [0.2, 0.25) is 0 Å². The number of sulfone groups is 1. The Kier molecular flexibility index (Phi) is 8.52. The Morgan fingerprint density at radius 3 is 2.46 bits per heavy atom. The van der Waals surface area contributed by atoms with Crippen LogP contribution in [0.5, 0.6) is 0 Å². The van der Waals surface area contributed by atoms with E-state index in [0.717, 1.165) is 22.1 Å². The highest BCUT2D eigenvalue weighted by Gasteiger charge is 2.19. The molecule has 0 spiro atoms. The van der Waals surface area contributed by atoms with E-state index in [1.807, 2.05) is 43.3 Å². The summed E-state index contributed by atoms with van der Waals surface area (Å²) in [5.41, 5.74) is 2.95. The van der Waals surface area contributed by atoms with Crippen LogP contribution in [0.1, 0.15) is 38.9 Å². The molecule has 0 saturated heterocycles.